The number of hydrogen-bond acceptors (Lipinski definition) is 0. The second kappa shape index (κ2) is 12.6. The molecule has 0 saturated carbocycles. The molecule has 5 rings (SSSR count). The molecule has 0 saturated heterocycles. The molecular weight excluding hydrogens is 623 g/mol. The van der Waals surface area contributed by atoms with Crippen LogP contribution in [0.15, 0.2) is 78.4 Å². The summed E-state index contributed by atoms with van der Waals surface area (Å²) >= 11 is -4.53. The molecule has 2 aliphatic carbocycles. The van der Waals surface area contributed by atoms with Crippen LogP contribution >= 0.6 is 17.0 Å². The Hall–Kier alpha value is -1.18. The summed E-state index contributed by atoms with van der Waals surface area (Å²) in [7, 11) is 16.6. The van der Waals surface area contributed by atoms with Gasteiger partial charge in [0.25, 0.3) is 0 Å². The van der Waals surface area contributed by atoms with Crippen molar-refractivity contribution in [3.05, 3.63) is 106 Å². The molecule has 3 aromatic carbocycles. The molecule has 2 unspecified atom stereocenters. The van der Waals surface area contributed by atoms with E-state index in [1.54, 1.807) is 0 Å². The maximum absolute atomic E-state index is 8.31. The van der Waals surface area contributed by atoms with Crippen LogP contribution in [0.4, 0.5) is 0 Å². The number of allylic oxidation sites excluding steroid dienone is 2. The molecule has 0 spiro atoms. The molecular formula is C36H45Cl2SiZr. The van der Waals surface area contributed by atoms with E-state index in [-0.39, 0.29) is 7.25 Å². The minimum absolute atomic E-state index is 0.171. The summed E-state index contributed by atoms with van der Waals surface area (Å²) in [5, 5.41) is 0. The van der Waals surface area contributed by atoms with Gasteiger partial charge in [-0.1, -0.05) is 13.3 Å². The molecule has 2 aliphatic rings. The zero-order valence-electron chi connectivity index (χ0n) is 24.7. The van der Waals surface area contributed by atoms with E-state index in [4.69, 9.17) is 17.0 Å². The Bertz CT molecular complexity index is 1400. The molecule has 0 amide bonds. The van der Waals surface area contributed by atoms with Gasteiger partial charge in [-0.15, -0.1) is 0 Å². The summed E-state index contributed by atoms with van der Waals surface area (Å²) in [6, 6.07) is 25.0. The van der Waals surface area contributed by atoms with Gasteiger partial charge in [-0.25, -0.2) is 0 Å². The Morgan fingerprint density at radius 1 is 0.750 bits per heavy atom. The molecule has 0 fully saturated rings. The molecule has 0 aliphatic heterocycles. The molecule has 40 heavy (non-hydrogen) atoms. The van der Waals surface area contributed by atoms with Crippen molar-refractivity contribution in [1.29, 1.82) is 0 Å². The quantitative estimate of drug-likeness (QED) is 0.133. The monoisotopic (exact) mass is 665 g/mol. The minimum atomic E-state index is -4.53. The first-order chi connectivity index (χ1) is 19.3. The van der Waals surface area contributed by atoms with Crippen molar-refractivity contribution in [1.82, 2.24) is 0 Å². The van der Waals surface area contributed by atoms with Crippen LogP contribution in [0.1, 0.15) is 93.9 Å². The van der Waals surface area contributed by atoms with E-state index in [0.29, 0.717) is 0 Å². The predicted molar refractivity (Wildman–Crippen MR) is 179 cm³/mol. The summed E-state index contributed by atoms with van der Waals surface area (Å²) in [4.78, 5) is 0. The van der Waals surface area contributed by atoms with E-state index in [0.717, 1.165) is 6.42 Å². The predicted octanol–water partition coefficient (Wildman–Crippen LogP) is 11.9. The van der Waals surface area contributed by atoms with Gasteiger partial charge in [0.15, 0.2) is 0 Å². The third kappa shape index (κ3) is 5.48. The zero-order chi connectivity index (χ0) is 28.4. The average Bonchev–Trinajstić information content (AvgIpc) is 3.57. The van der Waals surface area contributed by atoms with Gasteiger partial charge < -0.3 is 0 Å². The van der Waals surface area contributed by atoms with Crippen LogP contribution in [-0.2, 0) is 22.0 Å². The summed E-state index contributed by atoms with van der Waals surface area (Å²) in [6.45, 7) is 9.42. The van der Waals surface area contributed by atoms with Crippen LogP contribution in [0.5, 0.6) is 0 Å². The standard InChI is InChI=1S/C25H31.C9H7.C2H7Si.2ClH.Zr/c1-3-5-7-8-11-20-14-16-22(17-15-20)24-13-9-12-23-18-21(10-6-4-2)19-25(23)24;1-2-5-9-7-3-6-8(9)4-1;1-3-2;;;/h9,12-19H,3-8,10-11H2,1-2H3;1-7H;3H,1-2H3;2*1H;/q;;;;;+2/p-2. The van der Waals surface area contributed by atoms with Crippen LogP contribution in [0.25, 0.3) is 23.3 Å². The van der Waals surface area contributed by atoms with E-state index in [9.17, 15) is 0 Å². The molecule has 0 aromatic heterocycles. The van der Waals surface area contributed by atoms with Gasteiger partial charge in [0.2, 0.25) is 0 Å². The van der Waals surface area contributed by atoms with Gasteiger partial charge in [0.05, 0.1) is 0 Å². The SMILES string of the molecule is CCCCCCc1ccc(-c2cccc3c2C=C(CCCC)[CH]3[Zr]([Cl])([Cl])([CH]2C=Cc3ccccc32)[SiH](C)C)cc1. The van der Waals surface area contributed by atoms with Gasteiger partial charge in [-0.3, -0.25) is 0 Å². The van der Waals surface area contributed by atoms with E-state index in [1.807, 2.05) is 0 Å². The number of hydrogen-bond donors (Lipinski definition) is 0. The molecule has 0 nitrogen and oxygen atoms in total. The second-order valence-electron chi connectivity index (χ2n) is 12.4. The maximum atomic E-state index is 8.31. The van der Waals surface area contributed by atoms with Crippen LogP contribution in [-0.4, -0.2) is 5.92 Å². The number of rotatable bonds is 12. The third-order valence-electron chi connectivity index (χ3n) is 9.60. The Labute approximate surface area is 251 Å². The summed E-state index contributed by atoms with van der Waals surface area (Å²) < 4.78 is 0.348. The fourth-order valence-corrected chi connectivity index (χ4v) is 36.6. The van der Waals surface area contributed by atoms with Crippen molar-refractivity contribution in [3.63, 3.8) is 0 Å². The van der Waals surface area contributed by atoms with Gasteiger partial charge >= 0.3 is 240 Å². The zero-order valence-corrected chi connectivity index (χ0v) is 29.9. The van der Waals surface area contributed by atoms with Crippen molar-refractivity contribution in [3.8, 4) is 11.1 Å². The number of unbranched alkanes of at least 4 members (excludes halogenated alkanes) is 4. The Kier molecular flexibility index (Phi) is 9.53. The molecule has 2 atom stereocenters. The molecule has 0 bridgehead atoms. The van der Waals surface area contributed by atoms with Crippen molar-refractivity contribution in [2.45, 2.75) is 85.6 Å². The van der Waals surface area contributed by atoms with E-state index < -0.39 is 21.5 Å². The Balaban J connectivity index is 1.58. The van der Waals surface area contributed by atoms with Crippen LogP contribution in [0.2, 0.25) is 13.1 Å². The number of aryl methyl sites for hydroxylation is 1. The van der Waals surface area contributed by atoms with E-state index in [2.05, 4.69) is 112 Å². The number of fused-ring (bicyclic) bond motifs is 2. The van der Waals surface area contributed by atoms with Crippen molar-refractivity contribution in [2.24, 2.45) is 0 Å². The molecule has 4 heteroatoms. The molecule has 3 aromatic rings. The van der Waals surface area contributed by atoms with Crippen LogP contribution in [0.3, 0.4) is 0 Å². The molecule has 0 radical (unpaired) electrons. The van der Waals surface area contributed by atoms with Crippen LogP contribution in [0, 0.1) is 0 Å². The first kappa shape index (κ1) is 30.3. The average molecular weight is 668 g/mol. The number of benzene rings is 3. The second-order valence-corrected chi connectivity index (χ2v) is 55.0. The summed E-state index contributed by atoms with van der Waals surface area (Å²) in [5.74, 6) is -1.48. The normalized spacial score (nSPS) is 18.9. The topological polar surface area (TPSA) is 0 Å². The van der Waals surface area contributed by atoms with Gasteiger partial charge in [0.1, 0.15) is 0 Å². The Morgan fingerprint density at radius 2 is 1.48 bits per heavy atom. The van der Waals surface area contributed by atoms with Crippen molar-refractivity contribution < 1.29 is 15.6 Å². The molecule has 0 heterocycles. The third-order valence-corrected chi connectivity index (χ3v) is 61.6. The van der Waals surface area contributed by atoms with Gasteiger partial charge in [-0.05, 0) is 0 Å². The van der Waals surface area contributed by atoms with E-state index >= 15 is 0 Å². The summed E-state index contributed by atoms with van der Waals surface area (Å²) in [5.41, 5.74) is 11.0. The summed E-state index contributed by atoms with van der Waals surface area (Å²) in [6.07, 6.45) is 17.0. The first-order valence-corrected chi connectivity index (χ1v) is 31.9. The van der Waals surface area contributed by atoms with Crippen LogP contribution < -0.4 is 0 Å². The fourth-order valence-electron chi connectivity index (χ4n) is 7.17. The van der Waals surface area contributed by atoms with Crippen molar-refractivity contribution >= 4 is 35.1 Å². The molecule has 0 N–H and O–H groups in total. The van der Waals surface area contributed by atoms with Gasteiger partial charge in [-0.2, -0.15) is 0 Å². The molecule has 211 valence electrons. The van der Waals surface area contributed by atoms with Gasteiger partial charge in [0, 0.05) is 0 Å². The Morgan fingerprint density at radius 3 is 2.20 bits per heavy atom. The van der Waals surface area contributed by atoms with E-state index in [1.165, 1.54) is 89.5 Å². The first-order valence-electron chi connectivity index (χ1n) is 15.6. The number of halogens is 2. The fraction of sp³-hybridized carbons (Fsp3) is 0.389. The van der Waals surface area contributed by atoms with Crippen molar-refractivity contribution in [2.75, 3.05) is 0 Å².